The van der Waals surface area contributed by atoms with E-state index in [0.717, 1.165) is 17.0 Å². The SMILES string of the molecule is Cc1cccc(CNC(=O)c2ccc(-c3nc(C)no3)cc2)n1. The first-order valence-corrected chi connectivity index (χ1v) is 7.23. The maximum atomic E-state index is 12.2. The minimum atomic E-state index is -0.151. The van der Waals surface area contributed by atoms with E-state index in [1.165, 1.54) is 0 Å². The van der Waals surface area contributed by atoms with E-state index in [4.69, 9.17) is 4.52 Å². The first kappa shape index (κ1) is 14.9. The van der Waals surface area contributed by atoms with Crippen LogP contribution in [0.25, 0.3) is 11.5 Å². The minimum absolute atomic E-state index is 0.151. The lowest BCUT2D eigenvalue weighted by Gasteiger charge is -2.06. The molecular weight excluding hydrogens is 292 g/mol. The van der Waals surface area contributed by atoms with Crippen LogP contribution >= 0.6 is 0 Å². The summed E-state index contributed by atoms with van der Waals surface area (Å²) in [6, 6.07) is 12.8. The van der Waals surface area contributed by atoms with Crippen LogP contribution in [0.1, 0.15) is 27.6 Å². The monoisotopic (exact) mass is 308 g/mol. The third-order valence-corrected chi connectivity index (χ3v) is 3.30. The second kappa shape index (κ2) is 6.39. The summed E-state index contributed by atoms with van der Waals surface area (Å²) in [6.45, 7) is 4.07. The highest BCUT2D eigenvalue weighted by Crippen LogP contribution is 2.17. The van der Waals surface area contributed by atoms with E-state index in [1.807, 2.05) is 25.1 Å². The van der Waals surface area contributed by atoms with Crippen LogP contribution in [0.4, 0.5) is 0 Å². The molecule has 3 aromatic rings. The van der Waals surface area contributed by atoms with Gasteiger partial charge < -0.3 is 9.84 Å². The summed E-state index contributed by atoms with van der Waals surface area (Å²) in [5.41, 5.74) is 3.10. The van der Waals surface area contributed by atoms with Gasteiger partial charge in [-0.3, -0.25) is 9.78 Å². The zero-order chi connectivity index (χ0) is 16.2. The number of hydrogen-bond donors (Lipinski definition) is 1. The third kappa shape index (κ3) is 3.60. The molecule has 0 atom stereocenters. The van der Waals surface area contributed by atoms with E-state index in [1.54, 1.807) is 31.2 Å². The zero-order valence-electron chi connectivity index (χ0n) is 12.9. The van der Waals surface area contributed by atoms with E-state index < -0.39 is 0 Å². The largest absolute Gasteiger partial charge is 0.346 e. The number of pyridine rings is 1. The number of nitrogens with zero attached hydrogens (tertiary/aromatic N) is 3. The lowest BCUT2D eigenvalue weighted by molar-refractivity contribution is 0.0950. The number of aromatic nitrogens is 3. The van der Waals surface area contributed by atoms with Crippen molar-refractivity contribution in [3.8, 4) is 11.5 Å². The van der Waals surface area contributed by atoms with Crippen LogP contribution in [0, 0.1) is 13.8 Å². The second-order valence-corrected chi connectivity index (χ2v) is 5.18. The van der Waals surface area contributed by atoms with Crippen LogP contribution in [0.5, 0.6) is 0 Å². The van der Waals surface area contributed by atoms with Gasteiger partial charge in [0.2, 0.25) is 0 Å². The van der Waals surface area contributed by atoms with Gasteiger partial charge in [0.1, 0.15) is 0 Å². The average Bonchev–Trinajstić information content (AvgIpc) is 2.99. The van der Waals surface area contributed by atoms with Gasteiger partial charge in [0.25, 0.3) is 11.8 Å². The molecule has 0 saturated heterocycles. The number of carbonyl (C=O) groups excluding carboxylic acids is 1. The molecule has 23 heavy (non-hydrogen) atoms. The van der Waals surface area contributed by atoms with Crippen molar-refractivity contribution < 1.29 is 9.32 Å². The van der Waals surface area contributed by atoms with Crippen molar-refractivity contribution in [2.45, 2.75) is 20.4 Å². The molecule has 0 unspecified atom stereocenters. The highest BCUT2D eigenvalue weighted by Gasteiger charge is 2.09. The number of rotatable bonds is 4. The molecule has 2 aromatic heterocycles. The van der Waals surface area contributed by atoms with Crippen LogP contribution in [-0.4, -0.2) is 21.0 Å². The van der Waals surface area contributed by atoms with Crippen molar-refractivity contribution in [2.75, 3.05) is 0 Å². The molecule has 0 aliphatic carbocycles. The molecule has 0 saturated carbocycles. The Bertz CT molecular complexity index is 825. The van der Waals surface area contributed by atoms with Gasteiger partial charge in [-0.05, 0) is 50.2 Å². The Balaban J connectivity index is 1.66. The van der Waals surface area contributed by atoms with Crippen molar-refractivity contribution in [2.24, 2.45) is 0 Å². The van der Waals surface area contributed by atoms with E-state index in [-0.39, 0.29) is 5.91 Å². The molecule has 1 amide bonds. The fourth-order valence-electron chi connectivity index (χ4n) is 2.15. The summed E-state index contributed by atoms with van der Waals surface area (Å²) >= 11 is 0. The summed E-state index contributed by atoms with van der Waals surface area (Å²) in [5, 5.41) is 6.60. The number of aryl methyl sites for hydroxylation is 2. The summed E-state index contributed by atoms with van der Waals surface area (Å²) < 4.78 is 5.10. The average molecular weight is 308 g/mol. The molecule has 1 aromatic carbocycles. The fourth-order valence-corrected chi connectivity index (χ4v) is 2.15. The molecule has 1 N–H and O–H groups in total. The molecule has 6 nitrogen and oxygen atoms in total. The number of carbonyl (C=O) groups is 1. The van der Waals surface area contributed by atoms with E-state index in [2.05, 4.69) is 20.4 Å². The zero-order valence-corrected chi connectivity index (χ0v) is 12.9. The number of nitrogens with one attached hydrogen (secondary N) is 1. The smallest absolute Gasteiger partial charge is 0.257 e. The normalized spacial score (nSPS) is 10.5. The molecule has 0 fully saturated rings. The molecule has 3 rings (SSSR count). The highest BCUT2D eigenvalue weighted by atomic mass is 16.5. The quantitative estimate of drug-likeness (QED) is 0.801. The first-order chi connectivity index (χ1) is 11.1. The van der Waals surface area contributed by atoms with Gasteiger partial charge in [0, 0.05) is 16.8 Å². The molecule has 0 bridgehead atoms. The minimum Gasteiger partial charge on any atom is -0.346 e. The van der Waals surface area contributed by atoms with E-state index >= 15 is 0 Å². The third-order valence-electron chi connectivity index (χ3n) is 3.30. The van der Waals surface area contributed by atoms with E-state index in [0.29, 0.717) is 23.8 Å². The van der Waals surface area contributed by atoms with Crippen molar-refractivity contribution in [1.29, 1.82) is 0 Å². The van der Waals surface area contributed by atoms with Gasteiger partial charge in [-0.25, -0.2) is 0 Å². The summed E-state index contributed by atoms with van der Waals surface area (Å²) in [7, 11) is 0. The maximum absolute atomic E-state index is 12.2. The Morgan fingerprint density at radius 3 is 2.52 bits per heavy atom. The fraction of sp³-hybridized carbons (Fsp3) is 0.176. The van der Waals surface area contributed by atoms with Crippen molar-refractivity contribution >= 4 is 5.91 Å². The number of amides is 1. The summed E-state index contributed by atoms with van der Waals surface area (Å²) in [6.07, 6.45) is 0. The Kier molecular flexibility index (Phi) is 4.14. The molecule has 0 aliphatic rings. The predicted molar refractivity (Wildman–Crippen MR) is 84.6 cm³/mol. The van der Waals surface area contributed by atoms with Crippen molar-refractivity contribution in [3.05, 3.63) is 65.2 Å². The lowest BCUT2D eigenvalue weighted by atomic mass is 10.1. The van der Waals surface area contributed by atoms with Crippen LogP contribution in [0.2, 0.25) is 0 Å². The van der Waals surface area contributed by atoms with Gasteiger partial charge in [-0.2, -0.15) is 4.98 Å². The summed E-state index contributed by atoms with van der Waals surface area (Å²) in [4.78, 5) is 20.7. The van der Waals surface area contributed by atoms with Gasteiger partial charge in [-0.1, -0.05) is 11.2 Å². The molecule has 6 heteroatoms. The van der Waals surface area contributed by atoms with E-state index in [9.17, 15) is 4.79 Å². The standard InChI is InChI=1S/C17H16N4O2/c1-11-4-3-5-15(19-11)10-18-16(22)13-6-8-14(9-7-13)17-20-12(2)21-23-17/h3-9H,10H2,1-2H3,(H,18,22). The highest BCUT2D eigenvalue weighted by molar-refractivity contribution is 5.94. The van der Waals surface area contributed by atoms with Gasteiger partial charge in [-0.15, -0.1) is 0 Å². The molecule has 0 spiro atoms. The predicted octanol–water partition coefficient (Wildman–Crippen LogP) is 2.68. The summed E-state index contributed by atoms with van der Waals surface area (Å²) in [5.74, 6) is 0.868. The molecule has 0 radical (unpaired) electrons. The Morgan fingerprint density at radius 2 is 1.87 bits per heavy atom. The first-order valence-electron chi connectivity index (χ1n) is 7.23. The Labute approximate surface area is 133 Å². The van der Waals surface area contributed by atoms with Crippen LogP contribution < -0.4 is 5.32 Å². The number of benzene rings is 1. The van der Waals surface area contributed by atoms with Crippen LogP contribution in [-0.2, 0) is 6.54 Å². The van der Waals surface area contributed by atoms with Crippen LogP contribution in [0.3, 0.4) is 0 Å². The Hall–Kier alpha value is -3.02. The van der Waals surface area contributed by atoms with Crippen molar-refractivity contribution in [1.82, 2.24) is 20.4 Å². The Morgan fingerprint density at radius 1 is 1.09 bits per heavy atom. The molecular formula is C17H16N4O2. The maximum Gasteiger partial charge on any atom is 0.257 e. The van der Waals surface area contributed by atoms with Gasteiger partial charge >= 0.3 is 0 Å². The van der Waals surface area contributed by atoms with Gasteiger partial charge in [0.05, 0.1) is 12.2 Å². The van der Waals surface area contributed by atoms with Crippen molar-refractivity contribution in [3.63, 3.8) is 0 Å². The number of hydrogen-bond acceptors (Lipinski definition) is 5. The molecule has 0 aliphatic heterocycles. The lowest BCUT2D eigenvalue weighted by Crippen LogP contribution is -2.23. The molecule has 2 heterocycles. The van der Waals surface area contributed by atoms with Crippen LogP contribution in [0.15, 0.2) is 47.0 Å². The second-order valence-electron chi connectivity index (χ2n) is 5.18. The topological polar surface area (TPSA) is 80.9 Å². The van der Waals surface area contributed by atoms with Gasteiger partial charge in [0.15, 0.2) is 5.82 Å². The molecule has 116 valence electrons.